The molecule has 0 aromatic heterocycles. The van der Waals surface area contributed by atoms with Crippen molar-refractivity contribution in [2.24, 2.45) is 0 Å². The summed E-state index contributed by atoms with van der Waals surface area (Å²) in [5.74, 6) is 0. The molecular formula is C11H28O5Si2. The van der Waals surface area contributed by atoms with Gasteiger partial charge in [-0.25, -0.2) is 0 Å². The minimum atomic E-state index is -2.52. The lowest BCUT2D eigenvalue weighted by Crippen LogP contribution is -2.50. The molecule has 0 aliphatic carbocycles. The van der Waals surface area contributed by atoms with Crippen LogP contribution in [0, 0.1) is 0 Å². The molecular weight excluding hydrogens is 268 g/mol. The molecule has 7 heteroatoms. The van der Waals surface area contributed by atoms with Crippen LogP contribution in [0.2, 0.25) is 17.6 Å². The van der Waals surface area contributed by atoms with Crippen LogP contribution in [-0.4, -0.2) is 56.9 Å². The average molecular weight is 297 g/mol. The molecule has 18 heavy (non-hydrogen) atoms. The topological polar surface area (TPSA) is 57.2 Å². The van der Waals surface area contributed by atoms with Crippen molar-refractivity contribution in [3.8, 4) is 0 Å². The van der Waals surface area contributed by atoms with E-state index in [-0.39, 0.29) is 11.8 Å². The Morgan fingerprint density at radius 2 is 1.33 bits per heavy atom. The summed E-state index contributed by atoms with van der Waals surface area (Å²) in [4.78, 5) is 0. The lowest BCUT2D eigenvalue weighted by Gasteiger charge is -2.36. The standard InChI is InChI=1S/C11H28O5Si2/c1-10(17(7,13-3)14-4)8-11(2)18(9-12,15-5)16-6/h10-12H,8-9H2,1-7H3. The molecule has 0 bridgehead atoms. The first-order valence-electron chi connectivity index (χ1n) is 6.17. The van der Waals surface area contributed by atoms with E-state index in [4.69, 9.17) is 17.7 Å². The van der Waals surface area contributed by atoms with Crippen molar-refractivity contribution in [3.05, 3.63) is 0 Å². The van der Waals surface area contributed by atoms with Crippen LogP contribution in [0.15, 0.2) is 0 Å². The molecule has 2 unspecified atom stereocenters. The number of aliphatic hydroxyl groups excluding tert-OH is 1. The molecule has 0 aromatic rings. The molecule has 0 aromatic carbocycles. The molecule has 2 atom stereocenters. The molecule has 0 amide bonds. The van der Waals surface area contributed by atoms with Gasteiger partial charge in [-0.1, -0.05) is 13.8 Å². The summed E-state index contributed by atoms with van der Waals surface area (Å²) in [6.45, 7) is 6.23. The zero-order valence-electron chi connectivity index (χ0n) is 12.6. The van der Waals surface area contributed by atoms with E-state index in [2.05, 4.69) is 13.8 Å². The van der Waals surface area contributed by atoms with Crippen LogP contribution < -0.4 is 0 Å². The van der Waals surface area contributed by atoms with Gasteiger partial charge >= 0.3 is 17.1 Å². The molecule has 0 fully saturated rings. The van der Waals surface area contributed by atoms with Crippen LogP contribution in [0.3, 0.4) is 0 Å². The Morgan fingerprint density at radius 3 is 1.61 bits per heavy atom. The van der Waals surface area contributed by atoms with Gasteiger partial charge in [-0.2, -0.15) is 0 Å². The molecule has 0 spiro atoms. The predicted octanol–water partition coefficient (Wildman–Crippen LogP) is 1.79. The predicted molar refractivity (Wildman–Crippen MR) is 76.0 cm³/mol. The highest BCUT2D eigenvalue weighted by atomic mass is 28.4. The van der Waals surface area contributed by atoms with Crippen molar-refractivity contribution in [1.82, 2.24) is 0 Å². The number of hydrogen-bond donors (Lipinski definition) is 1. The Labute approximate surface area is 113 Å². The summed E-state index contributed by atoms with van der Waals surface area (Å²) in [5, 5.41) is 9.54. The van der Waals surface area contributed by atoms with Crippen molar-refractivity contribution in [2.45, 2.75) is 37.9 Å². The van der Waals surface area contributed by atoms with Gasteiger partial charge in [0, 0.05) is 34.0 Å². The maximum atomic E-state index is 9.54. The first kappa shape index (κ1) is 18.2. The third kappa shape index (κ3) is 3.86. The van der Waals surface area contributed by atoms with E-state index in [0.717, 1.165) is 6.42 Å². The zero-order chi connectivity index (χ0) is 14.4. The summed E-state index contributed by atoms with van der Waals surface area (Å²) < 4.78 is 22.1. The molecule has 110 valence electrons. The molecule has 0 rings (SSSR count). The van der Waals surface area contributed by atoms with E-state index >= 15 is 0 Å². The smallest absolute Gasteiger partial charge is 0.366 e. The minimum absolute atomic E-state index is 0.0356. The first-order valence-corrected chi connectivity index (χ1v) is 10.7. The monoisotopic (exact) mass is 296 g/mol. The van der Waals surface area contributed by atoms with E-state index in [9.17, 15) is 5.11 Å². The van der Waals surface area contributed by atoms with Gasteiger partial charge in [-0.05, 0) is 18.5 Å². The maximum Gasteiger partial charge on any atom is 0.366 e. The van der Waals surface area contributed by atoms with E-state index in [0.29, 0.717) is 5.54 Å². The second-order valence-electron chi connectivity index (χ2n) is 4.84. The largest absolute Gasteiger partial charge is 0.398 e. The van der Waals surface area contributed by atoms with Gasteiger partial charge in [0.1, 0.15) is 0 Å². The first-order chi connectivity index (χ1) is 8.35. The van der Waals surface area contributed by atoms with Crippen molar-refractivity contribution < 1.29 is 22.8 Å². The molecule has 0 heterocycles. The molecule has 1 N–H and O–H groups in total. The Balaban J connectivity index is 4.78. The molecule has 0 radical (unpaired) electrons. The SMILES string of the molecule is CO[Si](C)(OC)C(C)CC(C)[Si](CO)(OC)OC. The van der Waals surface area contributed by atoms with Gasteiger partial charge in [0.05, 0.1) is 6.23 Å². The third-order valence-electron chi connectivity index (χ3n) is 4.08. The summed E-state index contributed by atoms with van der Waals surface area (Å²) in [5.41, 5.74) is 0.468. The number of rotatable bonds is 9. The van der Waals surface area contributed by atoms with Gasteiger partial charge < -0.3 is 22.8 Å². The maximum absolute atomic E-state index is 9.54. The quantitative estimate of drug-likeness (QED) is 0.657. The average Bonchev–Trinajstić information content (AvgIpc) is 2.40. The normalized spacial score (nSPS) is 16.7. The third-order valence-corrected chi connectivity index (χ3v) is 11.3. The Hall–Kier alpha value is 0.234. The van der Waals surface area contributed by atoms with Gasteiger partial charge in [0.25, 0.3) is 0 Å². The van der Waals surface area contributed by atoms with Crippen LogP contribution in [0.25, 0.3) is 0 Å². The van der Waals surface area contributed by atoms with Crippen LogP contribution in [0.4, 0.5) is 0 Å². The fraction of sp³-hybridized carbons (Fsp3) is 1.00. The fourth-order valence-electron chi connectivity index (χ4n) is 2.18. The van der Waals surface area contributed by atoms with Crippen molar-refractivity contribution >= 4 is 17.1 Å². The summed E-state index contributed by atoms with van der Waals surface area (Å²) in [6.07, 6.45) is 0.824. The lowest BCUT2D eigenvalue weighted by atomic mass is 10.2. The molecule has 0 saturated carbocycles. The number of aliphatic hydroxyl groups is 1. The zero-order valence-corrected chi connectivity index (χ0v) is 14.6. The molecule has 0 aliphatic rings. The van der Waals surface area contributed by atoms with Crippen molar-refractivity contribution in [1.29, 1.82) is 0 Å². The molecule has 0 saturated heterocycles. The Morgan fingerprint density at radius 1 is 0.889 bits per heavy atom. The molecule has 5 nitrogen and oxygen atoms in total. The highest BCUT2D eigenvalue weighted by Crippen LogP contribution is 2.36. The summed E-state index contributed by atoms with van der Waals surface area (Å²) >= 11 is 0. The highest BCUT2D eigenvalue weighted by molar-refractivity contribution is 6.70. The molecule has 0 aliphatic heterocycles. The van der Waals surface area contributed by atoms with Gasteiger partial charge in [-0.3, -0.25) is 0 Å². The van der Waals surface area contributed by atoms with Crippen LogP contribution >= 0.6 is 0 Å². The minimum Gasteiger partial charge on any atom is -0.398 e. The van der Waals surface area contributed by atoms with E-state index in [1.165, 1.54) is 0 Å². The van der Waals surface area contributed by atoms with E-state index in [1.54, 1.807) is 28.4 Å². The Bertz CT molecular complexity index is 223. The summed E-state index contributed by atoms with van der Waals surface area (Å²) in [6, 6.07) is 0. The lowest BCUT2D eigenvalue weighted by molar-refractivity contribution is 0.183. The number of hydrogen-bond acceptors (Lipinski definition) is 5. The van der Waals surface area contributed by atoms with Gasteiger partial charge in [0.2, 0.25) is 0 Å². The fourth-order valence-corrected chi connectivity index (χ4v) is 6.42. The van der Waals surface area contributed by atoms with E-state index < -0.39 is 17.1 Å². The van der Waals surface area contributed by atoms with Crippen LogP contribution in [0.1, 0.15) is 20.3 Å². The Kier molecular flexibility index (Phi) is 7.83. The highest BCUT2D eigenvalue weighted by Gasteiger charge is 2.45. The second kappa shape index (κ2) is 7.73. The van der Waals surface area contributed by atoms with E-state index in [1.807, 2.05) is 6.55 Å². The van der Waals surface area contributed by atoms with Gasteiger partial charge in [0.15, 0.2) is 0 Å². The van der Waals surface area contributed by atoms with Crippen molar-refractivity contribution in [2.75, 3.05) is 34.7 Å². The van der Waals surface area contributed by atoms with Crippen LogP contribution in [0.5, 0.6) is 0 Å². The van der Waals surface area contributed by atoms with Crippen LogP contribution in [-0.2, 0) is 17.7 Å². The van der Waals surface area contributed by atoms with Gasteiger partial charge in [-0.15, -0.1) is 0 Å². The second-order valence-corrected chi connectivity index (χ2v) is 12.4. The van der Waals surface area contributed by atoms with Crippen molar-refractivity contribution in [3.63, 3.8) is 0 Å². The summed E-state index contributed by atoms with van der Waals surface area (Å²) in [7, 11) is 1.93.